The first-order valence-electron chi connectivity index (χ1n) is 9.67. The van der Waals surface area contributed by atoms with Gasteiger partial charge in [-0.1, -0.05) is 38.1 Å². The molecular formula is C21H31N3O2. The van der Waals surface area contributed by atoms with E-state index in [-0.39, 0.29) is 0 Å². The molecular weight excluding hydrogens is 326 g/mol. The third-order valence-electron chi connectivity index (χ3n) is 5.16. The average Bonchev–Trinajstić information content (AvgIpc) is 2.68. The molecule has 142 valence electrons. The van der Waals surface area contributed by atoms with Crippen molar-refractivity contribution in [1.82, 2.24) is 9.80 Å². The fraction of sp³-hybridized carbons (Fsp3) is 0.524. The van der Waals surface area contributed by atoms with Gasteiger partial charge in [0.25, 0.3) is 0 Å². The van der Waals surface area contributed by atoms with Gasteiger partial charge >= 0.3 is 0 Å². The third kappa shape index (κ3) is 4.67. The maximum Gasteiger partial charge on any atom is 0.127 e. The van der Waals surface area contributed by atoms with Gasteiger partial charge in [-0.3, -0.25) is 4.90 Å². The predicted octanol–water partition coefficient (Wildman–Crippen LogP) is 2.84. The van der Waals surface area contributed by atoms with Crippen molar-refractivity contribution in [3.8, 4) is 5.75 Å². The second-order valence-electron chi connectivity index (χ2n) is 6.83. The fourth-order valence-electron chi connectivity index (χ4n) is 3.57. The van der Waals surface area contributed by atoms with Crippen molar-refractivity contribution < 1.29 is 9.47 Å². The molecule has 0 spiro atoms. The van der Waals surface area contributed by atoms with Crippen LogP contribution in [0.5, 0.6) is 5.75 Å². The Morgan fingerprint density at radius 3 is 2.69 bits per heavy atom. The molecule has 0 amide bonds. The molecule has 26 heavy (non-hydrogen) atoms. The summed E-state index contributed by atoms with van der Waals surface area (Å²) in [7, 11) is 0. The maximum absolute atomic E-state index is 6.09. The van der Waals surface area contributed by atoms with Gasteiger partial charge in [-0.15, -0.1) is 0 Å². The molecule has 1 saturated heterocycles. The van der Waals surface area contributed by atoms with Crippen LogP contribution in [0, 0.1) is 0 Å². The molecule has 1 unspecified atom stereocenters. The molecule has 0 aliphatic carbocycles. The third-order valence-corrected chi connectivity index (χ3v) is 5.16. The van der Waals surface area contributed by atoms with Gasteiger partial charge in [0.05, 0.1) is 12.7 Å². The summed E-state index contributed by atoms with van der Waals surface area (Å²) in [5, 5.41) is 2.13. The van der Waals surface area contributed by atoms with Crippen LogP contribution in [0.4, 0.5) is 5.69 Å². The molecule has 1 atom stereocenters. The molecule has 0 radical (unpaired) electrons. The first-order valence-corrected chi connectivity index (χ1v) is 9.67. The van der Waals surface area contributed by atoms with Gasteiger partial charge < -0.3 is 20.1 Å². The zero-order chi connectivity index (χ0) is 18.4. The number of benzene rings is 2. The molecule has 5 heteroatoms. The molecule has 5 nitrogen and oxygen atoms in total. The molecule has 3 rings (SSSR count). The van der Waals surface area contributed by atoms with Gasteiger partial charge in [-0.2, -0.15) is 0 Å². The summed E-state index contributed by atoms with van der Waals surface area (Å²) in [5.41, 5.74) is 6.86. The molecule has 1 aliphatic heterocycles. The summed E-state index contributed by atoms with van der Waals surface area (Å²) >= 11 is 0. The van der Waals surface area contributed by atoms with Crippen LogP contribution in [0.3, 0.4) is 0 Å². The Balaban J connectivity index is 1.53. The van der Waals surface area contributed by atoms with Crippen LogP contribution in [0.1, 0.15) is 13.8 Å². The monoisotopic (exact) mass is 357 g/mol. The molecule has 1 fully saturated rings. The normalized spacial score (nSPS) is 18.5. The van der Waals surface area contributed by atoms with Crippen LogP contribution in [-0.2, 0) is 4.74 Å². The van der Waals surface area contributed by atoms with Crippen molar-refractivity contribution in [2.24, 2.45) is 0 Å². The lowest BCUT2D eigenvalue weighted by molar-refractivity contribution is -0.0445. The number of morpholine rings is 1. The SMILES string of the molecule is CCN(CC)CC1CN(CCOc2ccc(N)c3ccccc23)CCO1. The summed E-state index contributed by atoms with van der Waals surface area (Å²) < 4.78 is 12.0. The number of hydrogen-bond donors (Lipinski definition) is 1. The summed E-state index contributed by atoms with van der Waals surface area (Å²) in [6.07, 6.45) is 0.293. The minimum Gasteiger partial charge on any atom is -0.492 e. The number of anilines is 1. The lowest BCUT2D eigenvalue weighted by atomic mass is 10.1. The highest BCUT2D eigenvalue weighted by Crippen LogP contribution is 2.29. The van der Waals surface area contributed by atoms with Crippen molar-refractivity contribution >= 4 is 16.5 Å². The second-order valence-corrected chi connectivity index (χ2v) is 6.83. The van der Waals surface area contributed by atoms with Crippen LogP contribution >= 0.6 is 0 Å². The topological polar surface area (TPSA) is 51.0 Å². The van der Waals surface area contributed by atoms with Crippen molar-refractivity contribution in [3.05, 3.63) is 36.4 Å². The Bertz CT molecular complexity index is 703. The van der Waals surface area contributed by atoms with Crippen molar-refractivity contribution in [2.75, 3.05) is 58.2 Å². The highest BCUT2D eigenvalue weighted by molar-refractivity contribution is 5.96. The van der Waals surface area contributed by atoms with Crippen LogP contribution in [0.15, 0.2) is 36.4 Å². The van der Waals surface area contributed by atoms with E-state index in [1.165, 1.54) is 0 Å². The number of nitrogen functional groups attached to an aromatic ring is 1. The van der Waals surface area contributed by atoms with E-state index in [1.54, 1.807) is 0 Å². The highest BCUT2D eigenvalue weighted by Gasteiger charge is 2.21. The molecule has 2 N–H and O–H groups in total. The van der Waals surface area contributed by atoms with E-state index in [2.05, 4.69) is 29.7 Å². The van der Waals surface area contributed by atoms with Gasteiger partial charge in [0.15, 0.2) is 0 Å². The first kappa shape index (κ1) is 19.0. The minimum atomic E-state index is 0.293. The summed E-state index contributed by atoms with van der Waals surface area (Å²) in [5.74, 6) is 0.905. The Labute approximate surface area is 156 Å². The van der Waals surface area contributed by atoms with Gasteiger partial charge in [0, 0.05) is 42.6 Å². The number of ether oxygens (including phenoxy) is 2. The quantitative estimate of drug-likeness (QED) is 0.736. The van der Waals surface area contributed by atoms with Crippen LogP contribution in [0.2, 0.25) is 0 Å². The van der Waals surface area contributed by atoms with Gasteiger partial charge in [0.2, 0.25) is 0 Å². The first-order chi connectivity index (χ1) is 12.7. The zero-order valence-corrected chi connectivity index (χ0v) is 16.0. The van der Waals surface area contributed by atoms with E-state index >= 15 is 0 Å². The van der Waals surface area contributed by atoms with E-state index in [9.17, 15) is 0 Å². The van der Waals surface area contributed by atoms with Crippen molar-refractivity contribution in [2.45, 2.75) is 20.0 Å². The Morgan fingerprint density at radius 1 is 1.15 bits per heavy atom. The van der Waals surface area contributed by atoms with Crippen LogP contribution in [0.25, 0.3) is 10.8 Å². The molecule has 0 aromatic heterocycles. The summed E-state index contributed by atoms with van der Waals surface area (Å²) in [4.78, 5) is 4.86. The smallest absolute Gasteiger partial charge is 0.127 e. The van der Waals surface area contributed by atoms with E-state index < -0.39 is 0 Å². The number of hydrogen-bond acceptors (Lipinski definition) is 5. The molecule has 1 heterocycles. The van der Waals surface area contributed by atoms with Gasteiger partial charge in [-0.25, -0.2) is 0 Å². The van der Waals surface area contributed by atoms with E-state index in [0.29, 0.717) is 12.7 Å². The fourth-order valence-corrected chi connectivity index (χ4v) is 3.57. The largest absolute Gasteiger partial charge is 0.492 e. The van der Waals surface area contributed by atoms with Crippen LogP contribution in [-0.4, -0.2) is 68.4 Å². The molecule has 2 aromatic rings. The van der Waals surface area contributed by atoms with Crippen LogP contribution < -0.4 is 10.5 Å². The average molecular weight is 357 g/mol. The molecule has 0 bridgehead atoms. The van der Waals surface area contributed by atoms with E-state index in [4.69, 9.17) is 15.2 Å². The number of rotatable bonds is 8. The standard InChI is InChI=1S/C21H31N3O2/c1-3-23(4-2)15-17-16-24(11-13-25-17)12-14-26-21-10-9-20(22)18-7-5-6-8-19(18)21/h5-10,17H,3-4,11-16,22H2,1-2H3. The summed E-state index contributed by atoms with van der Waals surface area (Å²) in [6, 6.07) is 12.0. The van der Waals surface area contributed by atoms with E-state index in [1.807, 2.05) is 30.3 Å². The Morgan fingerprint density at radius 2 is 1.92 bits per heavy atom. The Kier molecular flexibility index (Phi) is 6.72. The predicted molar refractivity (Wildman–Crippen MR) is 108 cm³/mol. The lowest BCUT2D eigenvalue weighted by Gasteiger charge is -2.35. The van der Waals surface area contributed by atoms with Gasteiger partial charge in [-0.05, 0) is 25.2 Å². The molecule has 0 saturated carbocycles. The number of fused-ring (bicyclic) bond motifs is 1. The van der Waals surface area contributed by atoms with E-state index in [0.717, 1.165) is 68.1 Å². The minimum absolute atomic E-state index is 0.293. The van der Waals surface area contributed by atoms with Crippen molar-refractivity contribution in [3.63, 3.8) is 0 Å². The highest BCUT2D eigenvalue weighted by atomic mass is 16.5. The lowest BCUT2D eigenvalue weighted by Crippen LogP contribution is -2.48. The number of likely N-dealkylation sites (N-methyl/N-ethyl adjacent to an activating group) is 1. The molecule has 2 aromatic carbocycles. The Hall–Kier alpha value is -1.82. The van der Waals surface area contributed by atoms with Gasteiger partial charge in [0.1, 0.15) is 12.4 Å². The molecule has 1 aliphatic rings. The second kappa shape index (κ2) is 9.21. The maximum atomic E-state index is 6.09. The number of nitrogens with two attached hydrogens (primary N) is 1. The summed E-state index contributed by atoms with van der Waals surface area (Å²) in [6.45, 7) is 11.9. The zero-order valence-electron chi connectivity index (χ0n) is 16.0. The van der Waals surface area contributed by atoms with Crippen molar-refractivity contribution in [1.29, 1.82) is 0 Å². The number of nitrogens with zero attached hydrogens (tertiary/aromatic N) is 2.